The molecule has 4 rings (SSSR count). The average molecular weight is 514 g/mol. The molecule has 0 radical (unpaired) electrons. The molecule has 0 aliphatic heterocycles. The number of nitrogens with two attached hydrogens (primary N) is 1. The zero-order valence-corrected chi connectivity index (χ0v) is 20.5. The number of anilines is 1. The van der Waals surface area contributed by atoms with Crippen molar-refractivity contribution in [2.45, 2.75) is 18.2 Å². The van der Waals surface area contributed by atoms with Gasteiger partial charge in [-0.2, -0.15) is 13.4 Å². The summed E-state index contributed by atoms with van der Waals surface area (Å²) in [5.41, 5.74) is 9.34. The van der Waals surface area contributed by atoms with E-state index < -0.39 is 10.1 Å². The summed E-state index contributed by atoms with van der Waals surface area (Å²) in [5, 5.41) is 3.18. The van der Waals surface area contributed by atoms with Gasteiger partial charge in [-0.25, -0.2) is 4.39 Å². The molecule has 0 fully saturated rings. The number of fused-ring (bicyclic) bond motifs is 1. The number of oxazole rings is 1. The summed E-state index contributed by atoms with van der Waals surface area (Å²) in [4.78, 5) is 4.32. The first kappa shape index (κ1) is 26.9. The number of hydrogen-bond donors (Lipinski definition) is 3. The Morgan fingerprint density at radius 3 is 2.50 bits per heavy atom. The molecule has 8 nitrogen and oxygen atoms in total. The third kappa shape index (κ3) is 8.19. The van der Waals surface area contributed by atoms with E-state index in [1.807, 2.05) is 25.1 Å². The smallest absolute Gasteiger partial charge is 0.295 e. The molecular formula is C26H28FN3O5S. The fourth-order valence-corrected chi connectivity index (χ4v) is 3.53. The van der Waals surface area contributed by atoms with Crippen molar-refractivity contribution in [1.82, 2.24) is 4.98 Å². The zero-order valence-electron chi connectivity index (χ0n) is 19.7. The van der Waals surface area contributed by atoms with Crippen molar-refractivity contribution in [1.29, 1.82) is 0 Å². The van der Waals surface area contributed by atoms with Crippen LogP contribution in [0.1, 0.15) is 11.1 Å². The topological polar surface area (TPSA) is 128 Å². The van der Waals surface area contributed by atoms with Gasteiger partial charge >= 0.3 is 0 Å². The average Bonchev–Trinajstić information content (AvgIpc) is 3.27. The molecule has 36 heavy (non-hydrogen) atoms. The number of hydrogen-bond acceptors (Lipinski definition) is 7. The van der Waals surface area contributed by atoms with Crippen LogP contribution in [0.4, 0.5) is 10.4 Å². The number of ether oxygens (including phenoxy) is 1. The monoisotopic (exact) mass is 513 g/mol. The summed E-state index contributed by atoms with van der Waals surface area (Å²) in [6, 6.07) is 22.0. The predicted molar refractivity (Wildman–Crippen MR) is 137 cm³/mol. The third-order valence-electron chi connectivity index (χ3n) is 5.05. The first-order valence-electron chi connectivity index (χ1n) is 11.1. The Labute approximate surface area is 209 Å². The predicted octanol–water partition coefficient (Wildman–Crippen LogP) is 4.92. The lowest BCUT2D eigenvalue weighted by atomic mass is 10.1. The van der Waals surface area contributed by atoms with Crippen LogP contribution in [0.3, 0.4) is 0 Å². The van der Waals surface area contributed by atoms with Gasteiger partial charge in [-0.15, -0.1) is 0 Å². The van der Waals surface area contributed by atoms with Crippen LogP contribution >= 0.6 is 0 Å². The normalized spacial score (nSPS) is 11.6. The summed E-state index contributed by atoms with van der Waals surface area (Å²) in [6.07, 6.45) is 1.35. The second kappa shape index (κ2) is 12.8. The van der Waals surface area contributed by atoms with Crippen LogP contribution < -0.4 is 15.8 Å². The fraction of sp³-hybridized carbons (Fsp3) is 0.192. The minimum absolute atomic E-state index is 0.0666. The lowest BCUT2D eigenvalue weighted by Crippen LogP contribution is -2.10. The van der Waals surface area contributed by atoms with Crippen LogP contribution in [-0.4, -0.2) is 37.7 Å². The molecule has 1 aromatic heterocycles. The number of nitrogens with one attached hydrogen (secondary N) is 1. The SMILES string of the molecule is Cc1ccc(S(=O)(=O)O)cc1.NC/C(=C\F)COc1ccc2nc(NCCc3ccccc3)oc2c1. The Morgan fingerprint density at radius 1 is 1.14 bits per heavy atom. The van der Waals surface area contributed by atoms with E-state index in [4.69, 9.17) is 19.4 Å². The summed E-state index contributed by atoms with van der Waals surface area (Å²) < 4.78 is 53.3. The minimum Gasteiger partial charge on any atom is -0.489 e. The van der Waals surface area contributed by atoms with E-state index in [0.29, 0.717) is 29.3 Å². The van der Waals surface area contributed by atoms with Crippen LogP contribution in [-0.2, 0) is 16.5 Å². The van der Waals surface area contributed by atoms with Crippen molar-refractivity contribution >= 4 is 27.2 Å². The van der Waals surface area contributed by atoms with Gasteiger partial charge in [0, 0.05) is 24.7 Å². The van der Waals surface area contributed by atoms with Crippen molar-refractivity contribution in [2.75, 3.05) is 25.0 Å². The first-order valence-corrected chi connectivity index (χ1v) is 12.6. The Kier molecular flexibility index (Phi) is 9.57. The van der Waals surface area contributed by atoms with Crippen LogP contribution in [0.25, 0.3) is 11.1 Å². The lowest BCUT2D eigenvalue weighted by Gasteiger charge is -2.06. The second-order valence-corrected chi connectivity index (χ2v) is 9.28. The maximum Gasteiger partial charge on any atom is 0.295 e. The van der Waals surface area contributed by atoms with Gasteiger partial charge in [-0.3, -0.25) is 4.55 Å². The van der Waals surface area contributed by atoms with Gasteiger partial charge in [0.2, 0.25) is 0 Å². The van der Waals surface area contributed by atoms with Crippen LogP contribution in [0, 0.1) is 6.92 Å². The molecule has 190 valence electrons. The van der Waals surface area contributed by atoms with Gasteiger partial charge in [-0.1, -0.05) is 48.0 Å². The van der Waals surface area contributed by atoms with Gasteiger partial charge in [0.25, 0.3) is 16.1 Å². The third-order valence-corrected chi connectivity index (χ3v) is 5.92. The van der Waals surface area contributed by atoms with Crippen LogP contribution in [0.2, 0.25) is 0 Å². The van der Waals surface area contributed by atoms with Gasteiger partial charge in [0.05, 0.1) is 11.2 Å². The number of aromatic nitrogens is 1. The Bertz CT molecular complexity index is 1390. The second-order valence-electron chi connectivity index (χ2n) is 7.86. The Hall–Kier alpha value is -3.73. The van der Waals surface area contributed by atoms with Crippen LogP contribution in [0.15, 0.2) is 94.0 Å². The number of halogens is 1. The standard InChI is InChI=1S/C19H20FN3O2.C7H8O3S/c20-11-15(12-21)13-24-16-6-7-17-18(10-16)25-19(23-17)22-9-8-14-4-2-1-3-5-14;1-6-2-4-7(5-3-6)11(8,9)10/h1-7,10-11H,8-9,12-13,21H2,(H,22,23);2-5H,1H3,(H,8,9,10)/b15-11+;. The minimum atomic E-state index is -4.02. The Balaban J connectivity index is 0.000000275. The molecule has 10 heteroatoms. The van der Waals surface area contributed by atoms with Crippen molar-refractivity contribution in [3.63, 3.8) is 0 Å². The summed E-state index contributed by atoms with van der Waals surface area (Å²) >= 11 is 0. The molecule has 1 heterocycles. The van der Waals surface area contributed by atoms with Crippen LogP contribution in [0.5, 0.6) is 5.75 Å². The molecule has 0 atom stereocenters. The largest absolute Gasteiger partial charge is 0.489 e. The van der Waals surface area contributed by atoms with Crippen molar-refractivity contribution < 1.29 is 26.5 Å². The number of rotatable bonds is 9. The van der Waals surface area contributed by atoms with E-state index in [2.05, 4.69) is 22.4 Å². The molecule has 3 aromatic carbocycles. The number of nitrogens with zero attached hydrogens (tertiary/aromatic N) is 1. The van der Waals surface area contributed by atoms with E-state index in [-0.39, 0.29) is 18.0 Å². The molecule has 0 spiro atoms. The molecule has 0 amide bonds. The van der Waals surface area contributed by atoms with Gasteiger partial charge in [0.15, 0.2) is 5.58 Å². The van der Waals surface area contributed by atoms with Crippen molar-refractivity contribution in [3.8, 4) is 5.75 Å². The van der Waals surface area contributed by atoms with E-state index in [1.165, 1.54) is 17.7 Å². The van der Waals surface area contributed by atoms with E-state index >= 15 is 0 Å². The molecule has 0 saturated carbocycles. The van der Waals surface area contributed by atoms with Crippen molar-refractivity contribution in [3.05, 3.63) is 95.8 Å². The quantitative estimate of drug-likeness (QED) is 0.269. The molecular weight excluding hydrogens is 485 g/mol. The molecule has 0 unspecified atom stereocenters. The molecule has 0 aliphatic carbocycles. The molecule has 4 aromatic rings. The maximum atomic E-state index is 12.5. The highest BCUT2D eigenvalue weighted by atomic mass is 32.2. The highest BCUT2D eigenvalue weighted by Crippen LogP contribution is 2.24. The summed E-state index contributed by atoms with van der Waals surface area (Å²) in [7, 11) is -4.02. The van der Waals surface area contributed by atoms with E-state index in [0.717, 1.165) is 24.0 Å². The molecule has 0 saturated heterocycles. The van der Waals surface area contributed by atoms with Gasteiger partial charge in [-0.05, 0) is 43.2 Å². The first-order chi connectivity index (χ1) is 17.3. The highest BCUT2D eigenvalue weighted by Gasteiger charge is 2.08. The van der Waals surface area contributed by atoms with Gasteiger partial charge in [0.1, 0.15) is 17.9 Å². The lowest BCUT2D eigenvalue weighted by molar-refractivity contribution is 0.347. The zero-order chi connectivity index (χ0) is 26.0. The van der Waals surface area contributed by atoms with Gasteiger partial charge < -0.3 is 20.2 Å². The summed E-state index contributed by atoms with van der Waals surface area (Å²) in [5.74, 6) is 0.576. The molecule has 4 N–H and O–H groups in total. The summed E-state index contributed by atoms with van der Waals surface area (Å²) in [6.45, 7) is 2.79. The number of aryl methyl sites for hydroxylation is 1. The molecule has 0 bridgehead atoms. The van der Waals surface area contributed by atoms with Crippen molar-refractivity contribution in [2.24, 2.45) is 5.73 Å². The Morgan fingerprint density at radius 2 is 1.86 bits per heavy atom. The van der Waals surface area contributed by atoms with E-state index in [1.54, 1.807) is 30.3 Å². The maximum absolute atomic E-state index is 12.5. The number of benzene rings is 3. The van der Waals surface area contributed by atoms with E-state index in [9.17, 15) is 12.8 Å². The molecule has 0 aliphatic rings. The highest BCUT2D eigenvalue weighted by molar-refractivity contribution is 7.85. The fourth-order valence-electron chi connectivity index (χ4n) is 3.05.